The predicted molar refractivity (Wildman–Crippen MR) is 91.7 cm³/mol. The zero-order valence-electron chi connectivity index (χ0n) is 12.5. The summed E-state index contributed by atoms with van der Waals surface area (Å²) in [6.45, 7) is 0. The summed E-state index contributed by atoms with van der Waals surface area (Å²) < 4.78 is 11.7. The zero-order chi connectivity index (χ0) is 15.8. The number of carbonyl (C=O) groups excluding carboxylic acids is 1. The van der Waals surface area contributed by atoms with E-state index >= 15 is 0 Å². The normalized spacial score (nSPS) is 39.5. The van der Waals surface area contributed by atoms with Crippen molar-refractivity contribution in [2.45, 2.75) is 37.4 Å². The van der Waals surface area contributed by atoms with Crippen LogP contribution >= 0.6 is 23.0 Å². The summed E-state index contributed by atoms with van der Waals surface area (Å²) in [6, 6.07) is 4.02. The second kappa shape index (κ2) is 4.72. The van der Waals surface area contributed by atoms with Crippen LogP contribution in [0.15, 0.2) is 24.3 Å². The van der Waals surface area contributed by atoms with Gasteiger partial charge in [-0.15, -0.1) is 0 Å². The van der Waals surface area contributed by atoms with E-state index in [-0.39, 0.29) is 23.5 Å². The van der Waals surface area contributed by atoms with E-state index in [1.807, 2.05) is 29.1 Å². The lowest BCUT2D eigenvalue weighted by Crippen LogP contribution is -2.60. The zero-order valence-corrected chi connectivity index (χ0v) is 14.7. The first kappa shape index (κ1) is 14.3. The average Bonchev–Trinajstić information content (AvgIpc) is 2.70. The van der Waals surface area contributed by atoms with Gasteiger partial charge in [0.2, 0.25) is 0 Å². The quantitative estimate of drug-likeness (QED) is 0.705. The molecule has 5 atom stereocenters. The van der Waals surface area contributed by atoms with Crippen LogP contribution in [0.3, 0.4) is 0 Å². The molecule has 0 amide bonds. The highest BCUT2D eigenvalue weighted by Gasteiger charge is 2.58. The molecule has 4 aliphatic carbocycles. The van der Waals surface area contributed by atoms with Gasteiger partial charge in [-0.05, 0) is 61.3 Å². The van der Waals surface area contributed by atoms with Crippen molar-refractivity contribution in [3.63, 3.8) is 0 Å². The molecule has 1 aromatic carbocycles. The Hall–Kier alpha value is -1.08. The molecule has 0 aromatic heterocycles. The fourth-order valence-electron chi connectivity index (χ4n) is 5.23. The van der Waals surface area contributed by atoms with E-state index in [1.54, 1.807) is 6.08 Å². The lowest BCUT2D eigenvalue weighted by atomic mass is 9.55. The van der Waals surface area contributed by atoms with Crippen molar-refractivity contribution < 1.29 is 17.7 Å². The Bertz CT molecular complexity index is 743. The summed E-state index contributed by atoms with van der Waals surface area (Å²) in [7, 11) is 0. The molecule has 120 valence electrons. The Morgan fingerprint density at radius 3 is 3.00 bits per heavy atom. The summed E-state index contributed by atoms with van der Waals surface area (Å²) in [5, 5.41) is 11.5. The summed E-state index contributed by atoms with van der Waals surface area (Å²) in [5.41, 5.74) is 1.47. The first-order chi connectivity index (χ1) is 11.1. The van der Waals surface area contributed by atoms with Crippen LogP contribution in [0.5, 0.6) is 11.5 Å². The summed E-state index contributed by atoms with van der Waals surface area (Å²) in [5.74, 6) is 1.62. The van der Waals surface area contributed by atoms with Crippen molar-refractivity contribution in [1.82, 2.24) is 0 Å². The molecule has 1 fully saturated rings. The van der Waals surface area contributed by atoms with E-state index in [1.165, 1.54) is 17.2 Å². The highest BCUT2D eigenvalue weighted by molar-refractivity contribution is 14.1. The maximum Gasteiger partial charge on any atom is 0.196 e. The third-order valence-electron chi connectivity index (χ3n) is 6.28. The van der Waals surface area contributed by atoms with Gasteiger partial charge in [-0.1, -0.05) is 6.07 Å². The van der Waals surface area contributed by atoms with Gasteiger partial charge in [0.25, 0.3) is 0 Å². The van der Waals surface area contributed by atoms with Gasteiger partial charge < -0.3 is 12.9 Å². The van der Waals surface area contributed by atoms with Crippen LogP contribution < -0.4 is 7.80 Å². The monoisotopic (exact) mass is 424 g/mol. The Kier molecular flexibility index (Phi) is 2.93. The molecule has 0 saturated heterocycles. The average molecular weight is 424 g/mol. The van der Waals surface area contributed by atoms with E-state index in [0.29, 0.717) is 11.5 Å². The van der Waals surface area contributed by atoms with Crippen LogP contribution in [0, 0.1) is 17.8 Å². The van der Waals surface area contributed by atoms with Gasteiger partial charge in [0.1, 0.15) is 0 Å². The molecule has 4 nitrogen and oxygen atoms in total. The van der Waals surface area contributed by atoms with Crippen molar-refractivity contribution in [2.75, 3.05) is 0 Å². The maximum atomic E-state index is 12.5. The number of ether oxygens (including phenoxy) is 1. The van der Waals surface area contributed by atoms with E-state index in [9.17, 15) is 9.90 Å². The molecule has 3 unspecified atom stereocenters. The van der Waals surface area contributed by atoms with E-state index < -0.39 is 11.7 Å². The minimum Gasteiger partial charge on any atom is -0.478 e. The van der Waals surface area contributed by atoms with Crippen molar-refractivity contribution in [2.24, 2.45) is 17.8 Å². The third-order valence-corrected chi connectivity index (χ3v) is 6.76. The molecular formula is C18H17IO4. The van der Waals surface area contributed by atoms with Crippen LogP contribution in [0.2, 0.25) is 0 Å². The smallest absolute Gasteiger partial charge is 0.196 e. The molecule has 1 aliphatic heterocycles. The lowest BCUT2D eigenvalue weighted by molar-refractivity contribution is -0.147. The highest BCUT2D eigenvalue weighted by Crippen LogP contribution is 2.55. The van der Waals surface area contributed by atoms with Gasteiger partial charge in [0.15, 0.2) is 46.4 Å². The maximum absolute atomic E-state index is 12.5. The minimum absolute atomic E-state index is 0.0371. The van der Waals surface area contributed by atoms with Crippen molar-refractivity contribution in [3.8, 4) is 11.5 Å². The molecule has 1 saturated carbocycles. The van der Waals surface area contributed by atoms with Crippen LogP contribution in [-0.4, -0.2) is 22.6 Å². The van der Waals surface area contributed by atoms with Crippen LogP contribution in [-0.2, 0) is 17.6 Å². The van der Waals surface area contributed by atoms with Gasteiger partial charge in [-0.2, -0.15) is 0 Å². The lowest BCUT2D eigenvalue weighted by Gasteiger charge is -2.51. The first-order valence-corrected chi connectivity index (χ1v) is 9.05. The van der Waals surface area contributed by atoms with Gasteiger partial charge in [0.05, 0.1) is 5.60 Å². The first-order valence-electron chi connectivity index (χ1n) is 8.17. The number of carbonyl (C=O) groups is 1. The Morgan fingerprint density at radius 2 is 2.17 bits per heavy atom. The molecule has 1 N–H and O–H groups in total. The molecular weight excluding hydrogens is 407 g/mol. The van der Waals surface area contributed by atoms with Gasteiger partial charge in [0, 0.05) is 11.5 Å². The van der Waals surface area contributed by atoms with Crippen molar-refractivity contribution in [1.29, 1.82) is 0 Å². The molecule has 4 bridgehead atoms. The second-order valence-electron chi connectivity index (χ2n) is 7.24. The molecule has 6 rings (SSSR count). The van der Waals surface area contributed by atoms with Gasteiger partial charge >= 0.3 is 0 Å². The van der Waals surface area contributed by atoms with Crippen LogP contribution in [0.4, 0.5) is 0 Å². The molecule has 5 aliphatic rings. The highest BCUT2D eigenvalue weighted by atomic mass is 127. The van der Waals surface area contributed by atoms with Crippen molar-refractivity contribution >= 4 is 28.8 Å². The third kappa shape index (κ3) is 1.78. The molecule has 5 heteroatoms. The minimum atomic E-state index is -0.933. The topological polar surface area (TPSA) is 55.8 Å². The molecule has 0 radical (unpaired) electrons. The Morgan fingerprint density at radius 1 is 1.30 bits per heavy atom. The summed E-state index contributed by atoms with van der Waals surface area (Å²) in [4.78, 5) is 12.5. The number of fused-ring (bicyclic) bond motifs is 1. The standard InChI is InChI=1S/C18H17IO4/c19-23-14-4-2-9-7-11-3-1-10-8-12(9)16(14)22-17-13(20)5-6-18(11,21)15(10)17/h2,4-6,10-11,15,17,21H,1,3,7-8H2/t10?,11-,15-,17?,18?/m1/s1. The van der Waals surface area contributed by atoms with Crippen molar-refractivity contribution in [3.05, 3.63) is 35.4 Å². The fourth-order valence-corrected chi connectivity index (χ4v) is 5.58. The number of rotatable bonds is 1. The molecule has 0 spiro atoms. The number of hydrogen-bond donors (Lipinski definition) is 1. The summed E-state index contributed by atoms with van der Waals surface area (Å²) >= 11 is 1.86. The predicted octanol–water partition coefficient (Wildman–Crippen LogP) is 2.79. The Balaban J connectivity index is 1.82. The largest absolute Gasteiger partial charge is 0.478 e. The molecule has 23 heavy (non-hydrogen) atoms. The molecule has 1 heterocycles. The number of ketones is 1. The number of benzene rings is 1. The van der Waals surface area contributed by atoms with Crippen LogP contribution in [0.1, 0.15) is 24.0 Å². The summed E-state index contributed by atoms with van der Waals surface area (Å²) in [6.07, 6.45) is 6.42. The number of hydrogen-bond acceptors (Lipinski definition) is 4. The van der Waals surface area contributed by atoms with E-state index in [4.69, 9.17) is 7.80 Å². The van der Waals surface area contributed by atoms with Gasteiger partial charge in [-0.3, -0.25) is 4.79 Å². The van der Waals surface area contributed by atoms with E-state index in [2.05, 4.69) is 6.07 Å². The second-order valence-corrected chi connectivity index (χ2v) is 7.68. The number of aliphatic hydroxyl groups is 1. The fraction of sp³-hybridized carbons (Fsp3) is 0.500. The molecule has 1 aromatic rings. The number of halogens is 1. The van der Waals surface area contributed by atoms with E-state index in [0.717, 1.165) is 25.7 Å². The Labute approximate surface area is 148 Å². The van der Waals surface area contributed by atoms with Crippen LogP contribution in [0.25, 0.3) is 0 Å². The van der Waals surface area contributed by atoms with Gasteiger partial charge in [-0.25, -0.2) is 0 Å². The SMILES string of the molecule is O=C1C=CC2(O)[C@@H]3CCC4Cc5c(ccc(OI)c5OC1[C@@H]42)C3.